The molecule has 1 rings (SSSR count). The maximum absolute atomic E-state index is 8.15. The zero-order valence-electron chi connectivity index (χ0n) is 4.09. The van der Waals surface area contributed by atoms with Crippen molar-refractivity contribution in [1.82, 2.24) is 4.98 Å². The molecule has 0 amide bonds. The van der Waals surface area contributed by atoms with Gasteiger partial charge >= 0.3 is 0 Å². The highest BCUT2D eigenvalue weighted by molar-refractivity contribution is 5.85. The lowest BCUT2D eigenvalue weighted by atomic mass is 10.5. The topological polar surface area (TPSA) is 39.6 Å². The minimum Gasteiger partial charge on any atom is -0.353 e. The van der Waals surface area contributed by atoms with Crippen LogP contribution in [0.4, 0.5) is 0 Å². The molecule has 1 heterocycles. The molecule has 1 aromatic rings. The third-order valence-corrected chi connectivity index (χ3v) is 0.718. The Bertz CT molecular complexity index is 173. The second kappa shape index (κ2) is 3.11. The molecule has 0 saturated heterocycles. The molecule has 0 saturated carbocycles. The minimum absolute atomic E-state index is 0. The third kappa shape index (κ3) is 1.28. The van der Waals surface area contributed by atoms with E-state index in [-0.39, 0.29) is 12.4 Å². The summed E-state index contributed by atoms with van der Waals surface area (Å²) in [5, 5.41) is 8.15. The van der Waals surface area contributed by atoms with E-state index in [0.717, 1.165) is 0 Å². The molecule has 0 spiro atoms. The van der Waals surface area contributed by atoms with Crippen molar-refractivity contribution < 1.29 is 0 Å². The minimum atomic E-state index is 0. The first-order valence-corrected chi connectivity index (χ1v) is 1.97. The molecule has 0 aromatic carbocycles. The maximum atomic E-state index is 8.15. The van der Waals surface area contributed by atoms with E-state index in [1.54, 1.807) is 18.3 Å². The van der Waals surface area contributed by atoms with Crippen molar-refractivity contribution in [3.8, 4) is 6.07 Å². The van der Waals surface area contributed by atoms with Gasteiger partial charge in [-0.3, -0.25) is 0 Å². The molecule has 0 aliphatic rings. The SMILES string of the molecule is Cl.N#Cc1ccc[nH]1. The number of nitriles is 1. The highest BCUT2D eigenvalue weighted by Gasteiger charge is 1.80. The van der Waals surface area contributed by atoms with Crippen LogP contribution in [-0.2, 0) is 0 Å². The number of aromatic amines is 1. The summed E-state index contributed by atoms with van der Waals surface area (Å²) in [4.78, 5) is 2.73. The number of nitrogens with one attached hydrogen (secondary N) is 1. The first kappa shape index (κ1) is 7.06. The molecule has 0 atom stereocenters. The van der Waals surface area contributed by atoms with Gasteiger partial charge in [0.15, 0.2) is 0 Å². The molecule has 0 aliphatic heterocycles. The van der Waals surface area contributed by atoms with Gasteiger partial charge in [-0.05, 0) is 12.1 Å². The normalized spacial score (nSPS) is 6.88. The van der Waals surface area contributed by atoms with E-state index in [4.69, 9.17) is 5.26 Å². The van der Waals surface area contributed by atoms with Gasteiger partial charge in [-0.25, -0.2) is 0 Å². The van der Waals surface area contributed by atoms with Gasteiger partial charge in [0.25, 0.3) is 0 Å². The summed E-state index contributed by atoms with van der Waals surface area (Å²) < 4.78 is 0. The molecule has 42 valence electrons. The highest BCUT2D eigenvalue weighted by atomic mass is 35.5. The monoisotopic (exact) mass is 128 g/mol. The molecule has 1 aromatic heterocycles. The Balaban J connectivity index is 0.000000490. The lowest BCUT2D eigenvalue weighted by Gasteiger charge is -1.66. The van der Waals surface area contributed by atoms with Crippen LogP contribution in [0.1, 0.15) is 5.69 Å². The van der Waals surface area contributed by atoms with Crippen molar-refractivity contribution in [3.63, 3.8) is 0 Å². The van der Waals surface area contributed by atoms with E-state index >= 15 is 0 Å². The van der Waals surface area contributed by atoms with Crippen LogP contribution in [0.5, 0.6) is 0 Å². The standard InChI is InChI=1S/C5H4N2.ClH/c6-4-5-2-1-3-7-5;/h1-3,7H;1H. The Kier molecular flexibility index (Phi) is 2.75. The van der Waals surface area contributed by atoms with Crippen LogP contribution in [-0.4, -0.2) is 4.98 Å². The number of nitrogens with zero attached hydrogens (tertiary/aromatic N) is 1. The van der Waals surface area contributed by atoms with Gasteiger partial charge < -0.3 is 4.98 Å². The van der Waals surface area contributed by atoms with Crippen molar-refractivity contribution >= 4 is 12.4 Å². The highest BCUT2D eigenvalue weighted by Crippen LogP contribution is 1.87. The van der Waals surface area contributed by atoms with Crippen LogP contribution in [0, 0.1) is 11.3 Å². The average molecular weight is 129 g/mol. The van der Waals surface area contributed by atoms with Gasteiger partial charge in [-0.15, -0.1) is 12.4 Å². The molecule has 0 bridgehead atoms. The van der Waals surface area contributed by atoms with Crippen molar-refractivity contribution in [2.45, 2.75) is 0 Å². The van der Waals surface area contributed by atoms with Gasteiger partial charge in [0.2, 0.25) is 0 Å². The molecule has 8 heavy (non-hydrogen) atoms. The van der Waals surface area contributed by atoms with E-state index in [1.807, 2.05) is 6.07 Å². The molecular weight excluding hydrogens is 124 g/mol. The van der Waals surface area contributed by atoms with Crippen LogP contribution in [0.25, 0.3) is 0 Å². The summed E-state index contributed by atoms with van der Waals surface area (Å²) in [5.74, 6) is 0. The smallest absolute Gasteiger partial charge is 0.117 e. The Labute approximate surface area is 53.6 Å². The number of H-pyrrole nitrogens is 1. The van der Waals surface area contributed by atoms with Gasteiger partial charge in [-0.1, -0.05) is 0 Å². The van der Waals surface area contributed by atoms with Gasteiger partial charge in [0.05, 0.1) is 0 Å². The summed E-state index contributed by atoms with van der Waals surface area (Å²) in [6, 6.07) is 5.46. The number of aromatic nitrogens is 1. The van der Waals surface area contributed by atoms with Crippen LogP contribution < -0.4 is 0 Å². The van der Waals surface area contributed by atoms with Crippen LogP contribution in [0.2, 0.25) is 0 Å². The first-order valence-electron chi connectivity index (χ1n) is 1.97. The van der Waals surface area contributed by atoms with Crippen LogP contribution in [0.3, 0.4) is 0 Å². The van der Waals surface area contributed by atoms with Crippen LogP contribution >= 0.6 is 12.4 Å². The molecule has 3 heteroatoms. The van der Waals surface area contributed by atoms with Crippen molar-refractivity contribution in [3.05, 3.63) is 24.0 Å². The number of hydrogen-bond acceptors (Lipinski definition) is 1. The molecular formula is C5H5ClN2. The van der Waals surface area contributed by atoms with Crippen molar-refractivity contribution in [2.75, 3.05) is 0 Å². The predicted octanol–water partition coefficient (Wildman–Crippen LogP) is 1.31. The predicted molar refractivity (Wildman–Crippen MR) is 32.8 cm³/mol. The molecule has 0 unspecified atom stereocenters. The average Bonchev–Trinajstić information content (AvgIpc) is 2.14. The molecule has 2 nitrogen and oxygen atoms in total. The summed E-state index contributed by atoms with van der Waals surface area (Å²) >= 11 is 0. The van der Waals surface area contributed by atoms with E-state index in [0.29, 0.717) is 5.69 Å². The molecule has 1 N–H and O–H groups in total. The zero-order chi connectivity index (χ0) is 5.11. The van der Waals surface area contributed by atoms with E-state index in [1.165, 1.54) is 0 Å². The van der Waals surface area contributed by atoms with Gasteiger partial charge in [0.1, 0.15) is 11.8 Å². The fourth-order valence-corrected chi connectivity index (χ4v) is 0.400. The molecule has 0 aliphatic carbocycles. The van der Waals surface area contributed by atoms with Crippen LogP contribution in [0.15, 0.2) is 18.3 Å². The number of rotatable bonds is 0. The molecule has 0 radical (unpaired) electrons. The zero-order valence-corrected chi connectivity index (χ0v) is 4.90. The van der Waals surface area contributed by atoms with Gasteiger partial charge in [0, 0.05) is 6.20 Å². The largest absolute Gasteiger partial charge is 0.353 e. The number of hydrogen-bond donors (Lipinski definition) is 1. The second-order valence-corrected chi connectivity index (χ2v) is 1.20. The van der Waals surface area contributed by atoms with E-state index in [9.17, 15) is 0 Å². The van der Waals surface area contributed by atoms with Gasteiger partial charge in [-0.2, -0.15) is 5.26 Å². The van der Waals surface area contributed by atoms with Crippen molar-refractivity contribution in [1.29, 1.82) is 5.26 Å². The van der Waals surface area contributed by atoms with E-state index < -0.39 is 0 Å². The maximum Gasteiger partial charge on any atom is 0.117 e. The number of halogens is 1. The Morgan fingerprint density at radius 1 is 1.62 bits per heavy atom. The second-order valence-electron chi connectivity index (χ2n) is 1.20. The first-order chi connectivity index (χ1) is 3.43. The summed E-state index contributed by atoms with van der Waals surface area (Å²) in [7, 11) is 0. The fourth-order valence-electron chi connectivity index (χ4n) is 0.400. The van der Waals surface area contributed by atoms with Crippen molar-refractivity contribution in [2.24, 2.45) is 0 Å². The Hall–Kier alpha value is -0.940. The lowest BCUT2D eigenvalue weighted by molar-refractivity contribution is 1.33. The lowest BCUT2D eigenvalue weighted by Crippen LogP contribution is -1.64. The fraction of sp³-hybridized carbons (Fsp3) is 0. The van der Waals surface area contributed by atoms with E-state index in [2.05, 4.69) is 4.98 Å². The third-order valence-electron chi connectivity index (χ3n) is 0.718. The summed E-state index contributed by atoms with van der Waals surface area (Å²) in [6.07, 6.45) is 1.72. The molecule has 0 fully saturated rings. The Morgan fingerprint density at radius 2 is 2.38 bits per heavy atom. The summed E-state index contributed by atoms with van der Waals surface area (Å²) in [6.45, 7) is 0. The quantitative estimate of drug-likeness (QED) is 0.562. The summed E-state index contributed by atoms with van der Waals surface area (Å²) in [5.41, 5.74) is 0.611. The Morgan fingerprint density at radius 3 is 2.62 bits per heavy atom.